The lowest BCUT2D eigenvalue weighted by atomic mass is 10.1. The Morgan fingerprint density at radius 1 is 1.29 bits per heavy atom. The highest BCUT2D eigenvalue weighted by atomic mass is 15.3. The van der Waals surface area contributed by atoms with Gasteiger partial charge in [0.25, 0.3) is 0 Å². The van der Waals surface area contributed by atoms with Gasteiger partial charge in [0, 0.05) is 38.3 Å². The zero-order valence-corrected chi connectivity index (χ0v) is 9.50. The van der Waals surface area contributed by atoms with E-state index in [4.69, 9.17) is 0 Å². The standard InChI is InChI=1S/C11H23N3/c1-3-13-5-4-6-14(10(2)9-13)11-7-12-8-11/h10-12H,3-9H2,1-2H3. The summed E-state index contributed by atoms with van der Waals surface area (Å²) >= 11 is 0. The third-order valence-corrected chi connectivity index (χ3v) is 3.66. The van der Waals surface area contributed by atoms with Crippen LogP contribution in [0.3, 0.4) is 0 Å². The largest absolute Gasteiger partial charge is 0.314 e. The normalized spacial score (nSPS) is 32.6. The van der Waals surface area contributed by atoms with Crippen LogP contribution in [0.1, 0.15) is 20.3 Å². The molecular weight excluding hydrogens is 174 g/mol. The smallest absolute Gasteiger partial charge is 0.0348 e. The molecule has 2 aliphatic heterocycles. The summed E-state index contributed by atoms with van der Waals surface area (Å²) in [6.07, 6.45) is 1.34. The van der Waals surface area contributed by atoms with Crippen molar-refractivity contribution in [2.45, 2.75) is 32.4 Å². The molecule has 0 saturated carbocycles. The van der Waals surface area contributed by atoms with E-state index >= 15 is 0 Å². The van der Waals surface area contributed by atoms with Gasteiger partial charge in [-0.25, -0.2) is 0 Å². The van der Waals surface area contributed by atoms with Crippen molar-refractivity contribution in [3.8, 4) is 0 Å². The van der Waals surface area contributed by atoms with Gasteiger partial charge in [0.1, 0.15) is 0 Å². The average Bonchev–Trinajstić information content (AvgIpc) is 2.26. The van der Waals surface area contributed by atoms with Gasteiger partial charge >= 0.3 is 0 Å². The average molecular weight is 197 g/mol. The highest BCUT2D eigenvalue weighted by Gasteiger charge is 2.30. The summed E-state index contributed by atoms with van der Waals surface area (Å²) in [5.41, 5.74) is 0. The van der Waals surface area contributed by atoms with Crippen molar-refractivity contribution in [3.05, 3.63) is 0 Å². The summed E-state index contributed by atoms with van der Waals surface area (Å²) in [5.74, 6) is 0. The molecule has 0 aromatic heterocycles. The lowest BCUT2D eigenvalue weighted by Crippen LogP contribution is -2.60. The molecular formula is C11H23N3. The maximum atomic E-state index is 3.37. The highest BCUT2D eigenvalue weighted by molar-refractivity contribution is 4.89. The molecule has 2 fully saturated rings. The second-order valence-corrected chi connectivity index (χ2v) is 4.65. The summed E-state index contributed by atoms with van der Waals surface area (Å²) in [5, 5.41) is 3.37. The van der Waals surface area contributed by atoms with Crippen LogP contribution in [0.25, 0.3) is 0 Å². The first kappa shape index (κ1) is 10.4. The van der Waals surface area contributed by atoms with E-state index in [1.54, 1.807) is 0 Å². The van der Waals surface area contributed by atoms with Gasteiger partial charge < -0.3 is 10.2 Å². The van der Waals surface area contributed by atoms with Crippen LogP contribution < -0.4 is 5.32 Å². The van der Waals surface area contributed by atoms with Crippen molar-refractivity contribution in [2.75, 3.05) is 39.3 Å². The van der Waals surface area contributed by atoms with Gasteiger partial charge in [0.15, 0.2) is 0 Å². The van der Waals surface area contributed by atoms with Gasteiger partial charge in [-0.05, 0) is 26.4 Å². The SMILES string of the molecule is CCN1CCCN(C2CNC2)C(C)C1. The Labute approximate surface area is 87.4 Å². The Balaban J connectivity index is 1.90. The van der Waals surface area contributed by atoms with Gasteiger partial charge in [0.05, 0.1) is 0 Å². The molecule has 82 valence electrons. The predicted molar refractivity (Wildman–Crippen MR) is 59.6 cm³/mol. The van der Waals surface area contributed by atoms with Crippen LogP contribution >= 0.6 is 0 Å². The van der Waals surface area contributed by atoms with Crippen molar-refractivity contribution in [3.63, 3.8) is 0 Å². The fourth-order valence-electron chi connectivity index (χ4n) is 2.60. The topological polar surface area (TPSA) is 18.5 Å². The molecule has 0 radical (unpaired) electrons. The van der Waals surface area contributed by atoms with Crippen LogP contribution in [0.5, 0.6) is 0 Å². The molecule has 0 aromatic rings. The Morgan fingerprint density at radius 2 is 2.07 bits per heavy atom. The first-order valence-corrected chi connectivity index (χ1v) is 6.00. The van der Waals surface area contributed by atoms with Gasteiger partial charge in [0.2, 0.25) is 0 Å². The third-order valence-electron chi connectivity index (χ3n) is 3.66. The van der Waals surface area contributed by atoms with Crippen molar-refractivity contribution in [1.82, 2.24) is 15.1 Å². The van der Waals surface area contributed by atoms with E-state index in [1.807, 2.05) is 0 Å². The molecule has 0 aliphatic carbocycles. The van der Waals surface area contributed by atoms with E-state index in [9.17, 15) is 0 Å². The van der Waals surface area contributed by atoms with Crippen LogP contribution in [0.15, 0.2) is 0 Å². The number of rotatable bonds is 2. The monoisotopic (exact) mass is 197 g/mol. The van der Waals surface area contributed by atoms with Crippen LogP contribution in [-0.2, 0) is 0 Å². The molecule has 0 spiro atoms. The van der Waals surface area contributed by atoms with Crippen molar-refractivity contribution in [1.29, 1.82) is 0 Å². The molecule has 0 bridgehead atoms. The quantitative estimate of drug-likeness (QED) is 0.690. The molecule has 0 aromatic carbocycles. The van der Waals surface area contributed by atoms with Crippen molar-refractivity contribution >= 4 is 0 Å². The Hall–Kier alpha value is -0.120. The van der Waals surface area contributed by atoms with Gasteiger partial charge in [-0.15, -0.1) is 0 Å². The Morgan fingerprint density at radius 3 is 2.64 bits per heavy atom. The first-order valence-electron chi connectivity index (χ1n) is 6.00. The number of hydrogen-bond donors (Lipinski definition) is 1. The molecule has 2 heterocycles. The van der Waals surface area contributed by atoms with Crippen LogP contribution in [0.2, 0.25) is 0 Å². The molecule has 0 amide bonds. The molecule has 1 atom stereocenters. The minimum atomic E-state index is 0.740. The highest BCUT2D eigenvalue weighted by Crippen LogP contribution is 2.15. The predicted octanol–water partition coefficient (Wildman–Crippen LogP) is 0.374. The lowest BCUT2D eigenvalue weighted by molar-refractivity contribution is 0.102. The number of nitrogens with one attached hydrogen (secondary N) is 1. The van der Waals surface area contributed by atoms with Gasteiger partial charge in [-0.1, -0.05) is 6.92 Å². The second-order valence-electron chi connectivity index (χ2n) is 4.65. The molecule has 3 nitrogen and oxygen atoms in total. The minimum absolute atomic E-state index is 0.740. The Bertz CT molecular complexity index is 179. The molecule has 1 N–H and O–H groups in total. The zero-order valence-electron chi connectivity index (χ0n) is 9.50. The summed E-state index contributed by atoms with van der Waals surface area (Å²) in [6, 6.07) is 1.56. The maximum Gasteiger partial charge on any atom is 0.0348 e. The molecule has 2 rings (SSSR count). The van der Waals surface area contributed by atoms with E-state index < -0.39 is 0 Å². The minimum Gasteiger partial charge on any atom is -0.314 e. The molecule has 2 aliphatic rings. The molecule has 2 saturated heterocycles. The van der Waals surface area contributed by atoms with E-state index in [1.165, 1.54) is 45.7 Å². The summed E-state index contributed by atoms with van der Waals surface area (Å²) in [6.45, 7) is 12.1. The van der Waals surface area contributed by atoms with E-state index in [0.717, 1.165) is 12.1 Å². The maximum absolute atomic E-state index is 3.37. The molecule has 1 unspecified atom stereocenters. The van der Waals surface area contributed by atoms with E-state index in [-0.39, 0.29) is 0 Å². The third kappa shape index (κ3) is 2.10. The fourth-order valence-corrected chi connectivity index (χ4v) is 2.60. The zero-order chi connectivity index (χ0) is 9.97. The van der Waals surface area contributed by atoms with Crippen LogP contribution in [0.4, 0.5) is 0 Å². The van der Waals surface area contributed by atoms with E-state index in [0.29, 0.717) is 0 Å². The van der Waals surface area contributed by atoms with Gasteiger partial charge in [-0.3, -0.25) is 4.90 Å². The first-order chi connectivity index (χ1) is 6.81. The fraction of sp³-hybridized carbons (Fsp3) is 1.00. The summed E-state index contributed by atoms with van der Waals surface area (Å²) < 4.78 is 0. The number of hydrogen-bond acceptors (Lipinski definition) is 3. The molecule has 3 heteroatoms. The van der Waals surface area contributed by atoms with Crippen molar-refractivity contribution in [2.24, 2.45) is 0 Å². The van der Waals surface area contributed by atoms with E-state index in [2.05, 4.69) is 29.0 Å². The van der Waals surface area contributed by atoms with Crippen molar-refractivity contribution < 1.29 is 0 Å². The Kier molecular flexibility index (Phi) is 3.42. The molecule has 14 heavy (non-hydrogen) atoms. The lowest BCUT2D eigenvalue weighted by Gasteiger charge is -2.41. The van der Waals surface area contributed by atoms with Gasteiger partial charge in [-0.2, -0.15) is 0 Å². The number of likely N-dealkylation sites (N-methyl/N-ethyl adjacent to an activating group) is 1. The summed E-state index contributed by atoms with van der Waals surface area (Å²) in [4.78, 5) is 5.28. The summed E-state index contributed by atoms with van der Waals surface area (Å²) in [7, 11) is 0. The second kappa shape index (κ2) is 4.60. The van der Waals surface area contributed by atoms with Crippen LogP contribution in [0, 0.1) is 0 Å². The van der Waals surface area contributed by atoms with Crippen LogP contribution in [-0.4, -0.2) is 61.2 Å². The number of nitrogens with zero attached hydrogens (tertiary/aromatic N) is 2.